The van der Waals surface area contributed by atoms with Crippen molar-refractivity contribution in [3.8, 4) is 5.75 Å². The number of carbonyl (C=O) groups excluding carboxylic acids is 1. The lowest BCUT2D eigenvalue weighted by atomic mass is 9.87. The largest absolute Gasteiger partial charge is 0.497 e. The molecule has 0 saturated heterocycles. The number of methoxy groups -OCH3 is 1. The van der Waals surface area contributed by atoms with Crippen molar-refractivity contribution in [1.29, 1.82) is 0 Å². The van der Waals surface area contributed by atoms with E-state index in [1.807, 2.05) is 62.4 Å². The van der Waals surface area contributed by atoms with Crippen LogP contribution in [0.5, 0.6) is 5.75 Å². The Labute approximate surface area is 142 Å². The molecule has 122 valence electrons. The van der Waals surface area contributed by atoms with E-state index in [0.717, 1.165) is 16.9 Å². The fourth-order valence-electron chi connectivity index (χ4n) is 2.55. The zero-order chi connectivity index (χ0) is 16.8. The van der Waals surface area contributed by atoms with Crippen LogP contribution >= 0.6 is 11.6 Å². The second-order valence-corrected chi connectivity index (χ2v) is 6.28. The maximum Gasteiger partial charge on any atom is 0.228 e. The number of ether oxygens (including phenoxy) is 1. The van der Waals surface area contributed by atoms with Gasteiger partial charge in [-0.1, -0.05) is 49.7 Å². The van der Waals surface area contributed by atoms with Crippen molar-refractivity contribution < 1.29 is 9.53 Å². The molecule has 2 aromatic rings. The van der Waals surface area contributed by atoms with Gasteiger partial charge in [-0.25, -0.2) is 0 Å². The summed E-state index contributed by atoms with van der Waals surface area (Å²) in [5.74, 6) is 0.844. The maximum atomic E-state index is 12.6. The number of carbonyl (C=O) groups is 1. The van der Waals surface area contributed by atoms with E-state index in [2.05, 4.69) is 5.32 Å². The summed E-state index contributed by atoms with van der Waals surface area (Å²) in [4.78, 5) is 12.6. The first-order valence-corrected chi connectivity index (χ1v) is 8.05. The zero-order valence-electron chi connectivity index (χ0n) is 13.7. The molecule has 2 aromatic carbocycles. The fourth-order valence-corrected chi connectivity index (χ4v) is 2.68. The van der Waals surface area contributed by atoms with Crippen molar-refractivity contribution in [2.24, 2.45) is 5.92 Å². The number of halogens is 1. The third-order valence-corrected chi connectivity index (χ3v) is 4.06. The van der Waals surface area contributed by atoms with Crippen molar-refractivity contribution in [2.45, 2.75) is 26.3 Å². The molecule has 2 rings (SSSR count). The quantitative estimate of drug-likeness (QED) is 0.851. The van der Waals surface area contributed by atoms with E-state index >= 15 is 0 Å². The first-order valence-electron chi connectivity index (χ1n) is 7.67. The van der Waals surface area contributed by atoms with Crippen molar-refractivity contribution >= 4 is 17.5 Å². The summed E-state index contributed by atoms with van der Waals surface area (Å²) in [7, 11) is 1.64. The van der Waals surface area contributed by atoms with E-state index in [1.54, 1.807) is 7.11 Å². The highest BCUT2D eigenvalue weighted by Gasteiger charge is 2.23. The Hall–Kier alpha value is -2.00. The third-order valence-electron chi connectivity index (χ3n) is 3.80. The van der Waals surface area contributed by atoms with Crippen molar-refractivity contribution in [3.05, 3.63) is 64.7 Å². The Balaban J connectivity index is 2.04. The molecule has 0 aliphatic carbocycles. The Bertz CT molecular complexity index is 635. The molecule has 1 atom stereocenters. The van der Waals surface area contributed by atoms with Crippen LogP contribution in [0.25, 0.3) is 0 Å². The van der Waals surface area contributed by atoms with E-state index in [9.17, 15) is 4.79 Å². The summed E-state index contributed by atoms with van der Waals surface area (Å²) in [5, 5.41) is 3.69. The first kappa shape index (κ1) is 17.4. The van der Waals surface area contributed by atoms with Gasteiger partial charge in [0.1, 0.15) is 5.75 Å². The highest BCUT2D eigenvalue weighted by atomic mass is 35.5. The van der Waals surface area contributed by atoms with E-state index in [0.29, 0.717) is 11.6 Å². The number of nitrogens with one attached hydrogen (secondary N) is 1. The Morgan fingerprint density at radius 2 is 1.70 bits per heavy atom. The molecule has 0 saturated carbocycles. The molecule has 0 aliphatic rings. The van der Waals surface area contributed by atoms with Crippen molar-refractivity contribution in [1.82, 2.24) is 5.32 Å². The fraction of sp³-hybridized carbons (Fsp3) is 0.316. The Kier molecular flexibility index (Phi) is 6.05. The summed E-state index contributed by atoms with van der Waals surface area (Å²) >= 11 is 5.93. The molecule has 0 aliphatic heterocycles. The average Bonchev–Trinajstić information content (AvgIpc) is 2.55. The molecule has 0 aromatic heterocycles. The predicted molar refractivity (Wildman–Crippen MR) is 93.9 cm³/mol. The molecule has 0 spiro atoms. The van der Waals surface area contributed by atoms with Gasteiger partial charge in [0.15, 0.2) is 0 Å². The van der Waals surface area contributed by atoms with Gasteiger partial charge in [-0.15, -0.1) is 0 Å². The summed E-state index contributed by atoms with van der Waals surface area (Å²) in [6.45, 7) is 4.60. The SMILES string of the molecule is COc1ccc(CNC(=O)[C@@H](c2ccc(Cl)cc2)C(C)C)cc1. The minimum atomic E-state index is -0.189. The number of amides is 1. The van der Waals surface area contributed by atoms with Crippen LogP contribution in [-0.2, 0) is 11.3 Å². The lowest BCUT2D eigenvalue weighted by Gasteiger charge is -2.21. The van der Waals surface area contributed by atoms with Crippen LogP contribution < -0.4 is 10.1 Å². The number of benzene rings is 2. The van der Waals surface area contributed by atoms with Gasteiger partial charge in [0.2, 0.25) is 5.91 Å². The predicted octanol–water partition coefficient (Wildman–Crippen LogP) is 4.40. The van der Waals surface area contributed by atoms with Crippen LogP contribution in [-0.4, -0.2) is 13.0 Å². The van der Waals surface area contributed by atoms with E-state index in [-0.39, 0.29) is 17.7 Å². The van der Waals surface area contributed by atoms with Gasteiger partial charge >= 0.3 is 0 Å². The maximum absolute atomic E-state index is 12.6. The molecule has 0 unspecified atom stereocenters. The molecular weight excluding hydrogens is 310 g/mol. The van der Waals surface area contributed by atoms with Crippen LogP contribution in [0.2, 0.25) is 5.02 Å². The minimum Gasteiger partial charge on any atom is -0.497 e. The second kappa shape index (κ2) is 8.02. The Morgan fingerprint density at radius 1 is 1.09 bits per heavy atom. The first-order chi connectivity index (χ1) is 11.0. The molecule has 1 amide bonds. The van der Waals surface area contributed by atoms with Gasteiger partial charge in [0.25, 0.3) is 0 Å². The summed E-state index contributed by atoms with van der Waals surface area (Å²) in [6, 6.07) is 15.2. The summed E-state index contributed by atoms with van der Waals surface area (Å²) < 4.78 is 5.13. The number of hydrogen-bond acceptors (Lipinski definition) is 2. The topological polar surface area (TPSA) is 38.3 Å². The van der Waals surface area contributed by atoms with Crippen molar-refractivity contribution in [2.75, 3.05) is 7.11 Å². The third kappa shape index (κ3) is 4.73. The zero-order valence-corrected chi connectivity index (χ0v) is 14.4. The molecular formula is C19H22ClNO2. The molecule has 4 heteroatoms. The van der Waals surface area contributed by atoms with Gasteiger partial charge in [-0.3, -0.25) is 4.79 Å². The van der Waals surface area contributed by atoms with Gasteiger partial charge in [0, 0.05) is 11.6 Å². The molecule has 0 heterocycles. The van der Waals surface area contributed by atoms with Crippen LogP contribution in [0, 0.1) is 5.92 Å². The number of hydrogen-bond donors (Lipinski definition) is 1. The molecule has 0 fully saturated rings. The number of rotatable bonds is 6. The summed E-state index contributed by atoms with van der Waals surface area (Å²) in [5.41, 5.74) is 2.02. The summed E-state index contributed by atoms with van der Waals surface area (Å²) in [6.07, 6.45) is 0. The molecule has 3 nitrogen and oxygen atoms in total. The van der Waals surface area contributed by atoms with Gasteiger partial charge < -0.3 is 10.1 Å². The Morgan fingerprint density at radius 3 is 2.22 bits per heavy atom. The van der Waals surface area contributed by atoms with Gasteiger partial charge in [-0.05, 0) is 41.3 Å². The smallest absolute Gasteiger partial charge is 0.228 e. The lowest BCUT2D eigenvalue weighted by molar-refractivity contribution is -0.123. The second-order valence-electron chi connectivity index (χ2n) is 5.84. The highest BCUT2D eigenvalue weighted by Crippen LogP contribution is 2.26. The van der Waals surface area contributed by atoms with Gasteiger partial charge in [-0.2, -0.15) is 0 Å². The van der Waals surface area contributed by atoms with Crippen LogP contribution in [0.1, 0.15) is 30.9 Å². The molecule has 0 radical (unpaired) electrons. The van der Waals surface area contributed by atoms with Gasteiger partial charge in [0.05, 0.1) is 13.0 Å². The highest BCUT2D eigenvalue weighted by molar-refractivity contribution is 6.30. The normalized spacial score (nSPS) is 12.0. The molecule has 1 N–H and O–H groups in total. The molecule has 0 bridgehead atoms. The molecule has 23 heavy (non-hydrogen) atoms. The van der Waals surface area contributed by atoms with E-state index < -0.39 is 0 Å². The monoisotopic (exact) mass is 331 g/mol. The average molecular weight is 332 g/mol. The van der Waals surface area contributed by atoms with Crippen LogP contribution in [0.4, 0.5) is 0 Å². The van der Waals surface area contributed by atoms with Crippen molar-refractivity contribution in [3.63, 3.8) is 0 Å². The lowest BCUT2D eigenvalue weighted by Crippen LogP contribution is -2.31. The van der Waals surface area contributed by atoms with Crippen LogP contribution in [0.3, 0.4) is 0 Å². The van der Waals surface area contributed by atoms with E-state index in [1.165, 1.54) is 0 Å². The minimum absolute atomic E-state index is 0.0261. The standard InChI is InChI=1S/C19H22ClNO2/c1-13(2)18(15-6-8-16(20)9-7-15)19(22)21-12-14-4-10-17(23-3)11-5-14/h4-11,13,18H,12H2,1-3H3,(H,21,22)/t18-/m1/s1. The van der Waals surface area contributed by atoms with Crippen LogP contribution in [0.15, 0.2) is 48.5 Å². The van der Waals surface area contributed by atoms with E-state index in [4.69, 9.17) is 16.3 Å².